The first-order chi connectivity index (χ1) is 8.65. The number of benzene rings is 1. The van der Waals surface area contributed by atoms with Crippen molar-refractivity contribution in [3.05, 3.63) is 53.1 Å². The summed E-state index contributed by atoms with van der Waals surface area (Å²) in [6, 6.07) is 8.62. The van der Waals surface area contributed by atoms with E-state index < -0.39 is 11.6 Å². The van der Waals surface area contributed by atoms with Crippen LogP contribution in [0.15, 0.2) is 30.3 Å². The third-order valence-electron chi connectivity index (χ3n) is 3.08. The van der Waals surface area contributed by atoms with Gasteiger partial charge in [0.05, 0.1) is 0 Å². The molecule has 0 atom stereocenters. The van der Waals surface area contributed by atoms with Crippen molar-refractivity contribution in [2.24, 2.45) is 0 Å². The molecule has 18 heavy (non-hydrogen) atoms. The Morgan fingerprint density at radius 3 is 2.28 bits per heavy atom. The molecule has 2 heterocycles. The summed E-state index contributed by atoms with van der Waals surface area (Å²) in [6.07, 6.45) is 0. The zero-order chi connectivity index (χ0) is 12.7. The molecule has 0 fully saturated rings. The molecule has 1 aromatic heterocycles. The minimum absolute atomic E-state index is 0.102. The fraction of sp³-hybridized carbons (Fsp3) is 0.154. The smallest absolute Gasteiger partial charge is 0.168 e. The fourth-order valence-corrected chi connectivity index (χ4v) is 2.18. The molecule has 1 aromatic carbocycles. The molecule has 2 N–H and O–H groups in total. The number of aromatic nitrogens is 1. The highest BCUT2D eigenvalue weighted by Crippen LogP contribution is 2.29. The van der Waals surface area contributed by atoms with E-state index in [2.05, 4.69) is 4.98 Å². The zero-order valence-corrected chi connectivity index (χ0v) is 9.53. The Bertz CT molecular complexity index is 588. The lowest BCUT2D eigenvalue weighted by Crippen LogP contribution is -2.18. The van der Waals surface area contributed by atoms with Gasteiger partial charge in [-0.05, 0) is 11.1 Å². The van der Waals surface area contributed by atoms with Crippen molar-refractivity contribution in [2.45, 2.75) is 13.1 Å². The number of fused-ring (bicyclic) bond motifs is 1. The molecule has 0 spiro atoms. The Labute approximate surface area is 103 Å². The number of nitrogen functional groups attached to an aromatic ring is 1. The van der Waals surface area contributed by atoms with Gasteiger partial charge in [0.2, 0.25) is 0 Å². The van der Waals surface area contributed by atoms with E-state index in [0.717, 1.165) is 17.2 Å². The highest BCUT2D eigenvalue weighted by molar-refractivity contribution is 5.51. The summed E-state index contributed by atoms with van der Waals surface area (Å²) in [5.41, 5.74) is 7.64. The lowest BCUT2D eigenvalue weighted by Gasteiger charge is -2.17. The summed E-state index contributed by atoms with van der Waals surface area (Å²) in [5, 5.41) is 0. The largest absolute Gasteiger partial charge is 0.381 e. The van der Waals surface area contributed by atoms with E-state index in [4.69, 9.17) is 5.73 Å². The van der Waals surface area contributed by atoms with Crippen LogP contribution in [0.25, 0.3) is 0 Å². The number of anilines is 2. The van der Waals surface area contributed by atoms with Crippen LogP contribution < -0.4 is 10.6 Å². The number of rotatable bonds is 1. The average Bonchev–Trinajstić information content (AvgIpc) is 2.77. The lowest BCUT2D eigenvalue weighted by atomic mass is 10.1. The molecular weight excluding hydrogens is 236 g/mol. The van der Waals surface area contributed by atoms with Gasteiger partial charge in [0.1, 0.15) is 0 Å². The predicted octanol–water partition coefficient (Wildman–Crippen LogP) is 2.46. The van der Waals surface area contributed by atoms with Crippen molar-refractivity contribution in [1.29, 1.82) is 0 Å². The Morgan fingerprint density at radius 1 is 1.06 bits per heavy atom. The fourth-order valence-electron chi connectivity index (χ4n) is 2.18. The van der Waals surface area contributed by atoms with E-state index in [1.165, 1.54) is 0 Å². The second-order valence-corrected chi connectivity index (χ2v) is 4.29. The molecule has 0 bridgehead atoms. The molecule has 1 aliphatic rings. The monoisotopic (exact) mass is 247 g/mol. The molecule has 5 heteroatoms. The highest BCUT2D eigenvalue weighted by atomic mass is 19.1. The minimum Gasteiger partial charge on any atom is -0.381 e. The number of hydrogen-bond acceptors (Lipinski definition) is 3. The van der Waals surface area contributed by atoms with Crippen LogP contribution in [-0.2, 0) is 13.1 Å². The van der Waals surface area contributed by atoms with Crippen molar-refractivity contribution in [3.63, 3.8) is 0 Å². The molecule has 0 radical (unpaired) electrons. The van der Waals surface area contributed by atoms with Crippen LogP contribution in [0.4, 0.5) is 20.4 Å². The van der Waals surface area contributed by atoms with Gasteiger partial charge in [-0.3, -0.25) is 0 Å². The number of hydrogen-bond donors (Lipinski definition) is 1. The molecule has 3 rings (SSSR count). The van der Waals surface area contributed by atoms with Crippen molar-refractivity contribution >= 4 is 11.6 Å². The van der Waals surface area contributed by atoms with E-state index in [0.29, 0.717) is 13.1 Å². The lowest BCUT2D eigenvalue weighted by molar-refractivity contribution is 0.572. The van der Waals surface area contributed by atoms with E-state index in [9.17, 15) is 8.78 Å². The maximum absolute atomic E-state index is 13.7. The van der Waals surface area contributed by atoms with Gasteiger partial charge in [0, 0.05) is 19.2 Å². The molecule has 0 saturated heterocycles. The third kappa shape index (κ3) is 1.68. The molecular formula is C13H11F2N3. The maximum Gasteiger partial charge on any atom is 0.168 e. The topological polar surface area (TPSA) is 42.1 Å². The summed E-state index contributed by atoms with van der Waals surface area (Å²) < 4.78 is 26.8. The van der Waals surface area contributed by atoms with Crippen LogP contribution in [0.3, 0.4) is 0 Å². The van der Waals surface area contributed by atoms with Crippen molar-refractivity contribution in [1.82, 2.24) is 4.98 Å². The van der Waals surface area contributed by atoms with Crippen LogP contribution >= 0.6 is 0 Å². The Balaban J connectivity index is 1.97. The number of halogens is 2. The summed E-state index contributed by atoms with van der Waals surface area (Å²) >= 11 is 0. The first kappa shape index (κ1) is 11.0. The quantitative estimate of drug-likeness (QED) is 0.841. The molecule has 3 nitrogen and oxygen atoms in total. The molecule has 0 saturated carbocycles. The van der Waals surface area contributed by atoms with Gasteiger partial charge >= 0.3 is 0 Å². The van der Waals surface area contributed by atoms with Gasteiger partial charge < -0.3 is 10.6 Å². The van der Waals surface area contributed by atoms with E-state index in [1.54, 1.807) is 4.90 Å². The Kier molecular flexibility index (Phi) is 2.40. The van der Waals surface area contributed by atoms with Crippen LogP contribution in [0.1, 0.15) is 11.1 Å². The molecule has 0 unspecified atom stereocenters. The summed E-state index contributed by atoms with van der Waals surface area (Å²) in [5.74, 6) is -1.69. The number of pyridine rings is 1. The number of nitrogens with zero attached hydrogens (tertiary/aromatic N) is 2. The molecule has 92 valence electrons. The molecule has 0 amide bonds. The van der Waals surface area contributed by atoms with Gasteiger partial charge in [-0.1, -0.05) is 24.3 Å². The second kappa shape index (κ2) is 3.94. The maximum atomic E-state index is 13.7. The second-order valence-electron chi connectivity index (χ2n) is 4.29. The zero-order valence-electron chi connectivity index (χ0n) is 9.53. The molecule has 2 aromatic rings. The van der Waals surface area contributed by atoms with E-state index in [-0.39, 0.29) is 11.6 Å². The standard InChI is InChI=1S/C13H11F2N3/c14-10-5-11(15)13(17-12(10)16)18-6-8-3-1-2-4-9(8)7-18/h1-5H,6-7H2,(H2,16,17). The van der Waals surface area contributed by atoms with Crippen molar-refractivity contribution in [2.75, 3.05) is 10.6 Å². The molecule has 1 aliphatic heterocycles. The first-order valence-electron chi connectivity index (χ1n) is 5.58. The average molecular weight is 247 g/mol. The van der Waals surface area contributed by atoms with E-state index >= 15 is 0 Å². The highest BCUT2D eigenvalue weighted by Gasteiger charge is 2.23. The summed E-state index contributed by atoms with van der Waals surface area (Å²) in [6.45, 7) is 1.12. The van der Waals surface area contributed by atoms with Gasteiger partial charge in [-0.15, -0.1) is 0 Å². The predicted molar refractivity (Wildman–Crippen MR) is 64.9 cm³/mol. The minimum atomic E-state index is -0.826. The van der Waals surface area contributed by atoms with Gasteiger partial charge in [-0.2, -0.15) is 0 Å². The van der Waals surface area contributed by atoms with E-state index in [1.807, 2.05) is 24.3 Å². The van der Waals surface area contributed by atoms with Gasteiger partial charge in [-0.25, -0.2) is 13.8 Å². The van der Waals surface area contributed by atoms with Crippen LogP contribution in [0.5, 0.6) is 0 Å². The van der Waals surface area contributed by atoms with Gasteiger partial charge in [0.15, 0.2) is 23.3 Å². The van der Waals surface area contributed by atoms with Crippen LogP contribution in [-0.4, -0.2) is 4.98 Å². The van der Waals surface area contributed by atoms with Crippen molar-refractivity contribution < 1.29 is 8.78 Å². The van der Waals surface area contributed by atoms with Crippen molar-refractivity contribution in [3.8, 4) is 0 Å². The normalized spacial score (nSPS) is 13.8. The number of nitrogens with two attached hydrogens (primary N) is 1. The Hall–Kier alpha value is -2.17. The van der Waals surface area contributed by atoms with Gasteiger partial charge in [0.25, 0.3) is 0 Å². The van der Waals surface area contributed by atoms with Crippen LogP contribution in [0.2, 0.25) is 0 Å². The summed E-state index contributed by atoms with van der Waals surface area (Å²) in [4.78, 5) is 5.54. The Morgan fingerprint density at radius 2 is 1.67 bits per heavy atom. The SMILES string of the molecule is Nc1nc(N2Cc3ccccc3C2)c(F)cc1F. The molecule has 0 aliphatic carbocycles. The van der Waals surface area contributed by atoms with Crippen LogP contribution in [0, 0.1) is 11.6 Å². The first-order valence-corrected chi connectivity index (χ1v) is 5.58. The third-order valence-corrected chi connectivity index (χ3v) is 3.08. The summed E-state index contributed by atoms with van der Waals surface area (Å²) in [7, 11) is 0.